The Labute approximate surface area is 132 Å². The van der Waals surface area contributed by atoms with Crippen molar-refractivity contribution in [2.75, 3.05) is 12.9 Å². The van der Waals surface area contributed by atoms with Gasteiger partial charge in [-0.25, -0.2) is 4.79 Å². The lowest BCUT2D eigenvalue weighted by Gasteiger charge is -2.28. The Kier molecular flexibility index (Phi) is 4.64. The highest BCUT2D eigenvalue weighted by Crippen LogP contribution is 2.45. The van der Waals surface area contributed by atoms with Crippen LogP contribution in [0.1, 0.15) is 10.9 Å². The van der Waals surface area contributed by atoms with Gasteiger partial charge in [-0.2, -0.15) is 13.2 Å². The van der Waals surface area contributed by atoms with E-state index in [9.17, 15) is 27.9 Å². The van der Waals surface area contributed by atoms with Crippen molar-refractivity contribution in [2.24, 2.45) is 0 Å². The SMILES string of the molecule is COc1cc(C2SCC(C(=O)O)N2C(=O)C(F)(F)F)ccc1O. The van der Waals surface area contributed by atoms with Crippen LogP contribution in [0.3, 0.4) is 0 Å². The summed E-state index contributed by atoms with van der Waals surface area (Å²) in [4.78, 5) is 23.1. The average Bonchev–Trinajstić information content (AvgIpc) is 2.90. The minimum absolute atomic E-state index is 0.0151. The predicted molar refractivity (Wildman–Crippen MR) is 74.2 cm³/mol. The van der Waals surface area contributed by atoms with E-state index < -0.39 is 29.5 Å². The molecule has 0 aliphatic carbocycles. The normalized spacial score (nSPS) is 21.3. The molecule has 2 N–H and O–H groups in total. The lowest BCUT2D eigenvalue weighted by atomic mass is 10.1. The molecule has 0 bridgehead atoms. The number of phenolic OH excluding ortho intramolecular Hbond substituents is 1. The molecule has 1 aromatic rings. The molecule has 6 nitrogen and oxygen atoms in total. The molecule has 2 atom stereocenters. The molecule has 126 valence electrons. The van der Waals surface area contributed by atoms with E-state index in [1.807, 2.05) is 0 Å². The number of carbonyl (C=O) groups is 2. The van der Waals surface area contributed by atoms with Gasteiger partial charge in [-0.15, -0.1) is 11.8 Å². The van der Waals surface area contributed by atoms with Gasteiger partial charge in [-0.1, -0.05) is 6.07 Å². The number of hydrogen-bond acceptors (Lipinski definition) is 5. The van der Waals surface area contributed by atoms with Crippen LogP contribution in [0.2, 0.25) is 0 Å². The highest BCUT2D eigenvalue weighted by atomic mass is 32.2. The number of carbonyl (C=O) groups excluding carboxylic acids is 1. The number of carboxylic acid groups (broad SMARTS) is 1. The zero-order valence-electron chi connectivity index (χ0n) is 11.7. The minimum Gasteiger partial charge on any atom is -0.504 e. The fourth-order valence-electron chi connectivity index (χ4n) is 2.20. The molecule has 10 heteroatoms. The minimum atomic E-state index is -5.18. The lowest BCUT2D eigenvalue weighted by molar-refractivity contribution is -0.189. The monoisotopic (exact) mass is 351 g/mol. The molecular formula is C13H12F3NO5S. The Hall–Kier alpha value is -2.10. The van der Waals surface area contributed by atoms with Crippen LogP contribution in [0.4, 0.5) is 13.2 Å². The van der Waals surface area contributed by atoms with E-state index in [1.165, 1.54) is 25.3 Å². The summed E-state index contributed by atoms with van der Waals surface area (Å²) >= 11 is 0.897. The van der Waals surface area contributed by atoms with Gasteiger partial charge in [-0.05, 0) is 17.7 Å². The number of rotatable bonds is 3. The van der Waals surface area contributed by atoms with Gasteiger partial charge in [0.2, 0.25) is 0 Å². The molecule has 2 unspecified atom stereocenters. The molecule has 1 saturated heterocycles. The maximum atomic E-state index is 12.8. The Morgan fingerprint density at radius 2 is 2.04 bits per heavy atom. The van der Waals surface area contributed by atoms with E-state index in [0.717, 1.165) is 11.8 Å². The quantitative estimate of drug-likeness (QED) is 0.866. The topological polar surface area (TPSA) is 87.1 Å². The molecule has 0 saturated carbocycles. The Morgan fingerprint density at radius 3 is 2.57 bits per heavy atom. The van der Waals surface area contributed by atoms with Crippen molar-refractivity contribution in [3.8, 4) is 11.5 Å². The summed E-state index contributed by atoms with van der Waals surface area (Å²) < 4.78 is 43.2. The van der Waals surface area contributed by atoms with Gasteiger partial charge < -0.3 is 19.8 Å². The predicted octanol–water partition coefficient (Wildman–Crippen LogP) is 1.99. The first-order chi connectivity index (χ1) is 10.7. The van der Waals surface area contributed by atoms with Gasteiger partial charge in [0.15, 0.2) is 11.5 Å². The third-order valence-corrected chi connectivity index (χ3v) is 4.57. The second-order valence-electron chi connectivity index (χ2n) is 4.68. The number of phenols is 1. The molecule has 0 spiro atoms. The van der Waals surface area contributed by atoms with Gasteiger partial charge in [0.05, 0.1) is 7.11 Å². The van der Waals surface area contributed by atoms with E-state index in [-0.39, 0.29) is 22.8 Å². The highest BCUT2D eigenvalue weighted by Gasteiger charge is 2.52. The molecule has 2 rings (SSSR count). The zero-order chi connectivity index (χ0) is 17.4. The van der Waals surface area contributed by atoms with Gasteiger partial charge >= 0.3 is 18.1 Å². The average molecular weight is 351 g/mol. The van der Waals surface area contributed by atoms with Crippen LogP contribution < -0.4 is 4.74 Å². The Bertz CT molecular complexity index is 637. The molecule has 0 aromatic heterocycles. The first kappa shape index (κ1) is 17.3. The summed E-state index contributed by atoms with van der Waals surface area (Å²) in [6, 6.07) is 2.21. The summed E-state index contributed by atoms with van der Waals surface area (Å²) in [5.74, 6) is -4.11. The Balaban J connectivity index is 2.44. The zero-order valence-corrected chi connectivity index (χ0v) is 12.5. The molecule has 1 heterocycles. The summed E-state index contributed by atoms with van der Waals surface area (Å²) in [6.07, 6.45) is -5.18. The molecule has 1 aliphatic heterocycles. The van der Waals surface area contributed by atoms with Crippen molar-refractivity contribution in [2.45, 2.75) is 17.6 Å². The van der Waals surface area contributed by atoms with Gasteiger partial charge in [0.1, 0.15) is 11.4 Å². The summed E-state index contributed by atoms with van der Waals surface area (Å²) in [7, 11) is 1.26. The number of nitrogens with zero attached hydrogens (tertiary/aromatic N) is 1. The number of methoxy groups -OCH3 is 1. The van der Waals surface area contributed by atoms with Crippen molar-refractivity contribution >= 4 is 23.6 Å². The first-order valence-corrected chi connectivity index (χ1v) is 7.32. The van der Waals surface area contributed by atoms with Crippen molar-refractivity contribution in [3.63, 3.8) is 0 Å². The van der Waals surface area contributed by atoms with Crippen LogP contribution in [0.15, 0.2) is 18.2 Å². The van der Waals surface area contributed by atoms with E-state index in [4.69, 9.17) is 9.84 Å². The van der Waals surface area contributed by atoms with Gasteiger partial charge in [-0.3, -0.25) is 4.79 Å². The summed E-state index contributed by atoms with van der Waals surface area (Å²) in [6.45, 7) is 0. The number of thioether (sulfide) groups is 1. The maximum absolute atomic E-state index is 12.8. The molecule has 0 radical (unpaired) electrons. The summed E-state index contributed by atoms with van der Waals surface area (Å²) in [5.41, 5.74) is 0.228. The van der Waals surface area contributed by atoms with E-state index in [2.05, 4.69) is 0 Å². The highest BCUT2D eigenvalue weighted by molar-refractivity contribution is 7.99. The number of hydrogen-bond donors (Lipinski definition) is 2. The third kappa shape index (κ3) is 3.31. The van der Waals surface area contributed by atoms with Crippen LogP contribution in [0.25, 0.3) is 0 Å². The smallest absolute Gasteiger partial charge is 0.471 e. The summed E-state index contributed by atoms with van der Waals surface area (Å²) in [5, 5.41) is 17.5. The van der Waals surface area contributed by atoms with E-state index >= 15 is 0 Å². The number of halogens is 3. The third-order valence-electron chi connectivity index (χ3n) is 3.25. The van der Waals surface area contributed by atoms with Crippen LogP contribution in [0, 0.1) is 0 Å². The number of ether oxygens (including phenoxy) is 1. The molecule has 23 heavy (non-hydrogen) atoms. The number of aliphatic carboxylic acids is 1. The second kappa shape index (κ2) is 6.19. The van der Waals surface area contributed by atoms with Gasteiger partial charge in [0.25, 0.3) is 0 Å². The van der Waals surface area contributed by atoms with Crippen LogP contribution in [-0.2, 0) is 9.59 Å². The number of amides is 1. The number of benzene rings is 1. The first-order valence-electron chi connectivity index (χ1n) is 6.27. The molecule has 1 aromatic carbocycles. The van der Waals surface area contributed by atoms with Crippen LogP contribution in [-0.4, -0.2) is 52.1 Å². The van der Waals surface area contributed by atoms with Crippen LogP contribution in [0.5, 0.6) is 11.5 Å². The Morgan fingerprint density at radius 1 is 1.39 bits per heavy atom. The van der Waals surface area contributed by atoms with Crippen molar-refractivity contribution in [1.82, 2.24) is 4.90 Å². The van der Waals surface area contributed by atoms with E-state index in [0.29, 0.717) is 4.90 Å². The fourth-order valence-corrected chi connectivity index (χ4v) is 3.61. The maximum Gasteiger partial charge on any atom is 0.471 e. The second-order valence-corrected chi connectivity index (χ2v) is 5.79. The fraction of sp³-hybridized carbons (Fsp3) is 0.385. The standard InChI is InChI=1S/C13H12F3NO5S/c1-22-9-4-6(2-3-8(9)18)10-17(12(21)13(14,15)16)7(5-23-10)11(19)20/h2-4,7,10,18H,5H2,1H3,(H,19,20). The number of carboxylic acids is 1. The van der Waals surface area contributed by atoms with E-state index in [1.54, 1.807) is 0 Å². The molecule has 1 aliphatic rings. The largest absolute Gasteiger partial charge is 0.504 e. The number of alkyl halides is 3. The van der Waals surface area contributed by atoms with Crippen LogP contribution >= 0.6 is 11.8 Å². The van der Waals surface area contributed by atoms with Crippen molar-refractivity contribution in [3.05, 3.63) is 23.8 Å². The van der Waals surface area contributed by atoms with Crippen molar-refractivity contribution in [1.29, 1.82) is 0 Å². The van der Waals surface area contributed by atoms with Crippen molar-refractivity contribution < 1.29 is 37.7 Å². The molecular weight excluding hydrogens is 339 g/mol. The lowest BCUT2D eigenvalue weighted by Crippen LogP contribution is -2.48. The number of aromatic hydroxyl groups is 1. The molecule has 1 amide bonds. The van der Waals surface area contributed by atoms with Gasteiger partial charge in [0, 0.05) is 5.75 Å². The molecule has 1 fully saturated rings.